The van der Waals surface area contributed by atoms with E-state index in [-0.39, 0.29) is 23.2 Å². The number of benzene rings is 1. The number of likely N-dealkylation sites (tertiary alicyclic amines) is 1. The Morgan fingerprint density at radius 1 is 1.35 bits per heavy atom. The minimum atomic E-state index is -0.831. The third-order valence-corrected chi connectivity index (χ3v) is 6.53. The first-order chi connectivity index (χ1) is 12.3. The topological polar surface area (TPSA) is 55.6 Å². The van der Waals surface area contributed by atoms with Crippen LogP contribution in [0.2, 0.25) is 0 Å². The summed E-state index contributed by atoms with van der Waals surface area (Å²) in [4.78, 5) is 15.0. The van der Waals surface area contributed by atoms with Crippen molar-refractivity contribution in [2.45, 2.75) is 58.1 Å². The summed E-state index contributed by atoms with van der Waals surface area (Å²) in [7, 11) is 0. The van der Waals surface area contributed by atoms with Crippen LogP contribution in [-0.4, -0.2) is 42.1 Å². The number of ether oxygens (including phenoxy) is 1. The molecule has 4 nitrogen and oxygen atoms in total. The molecule has 26 heavy (non-hydrogen) atoms. The van der Waals surface area contributed by atoms with Crippen LogP contribution in [0.5, 0.6) is 0 Å². The van der Waals surface area contributed by atoms with E-state index in [9.17, 15) is 9.18 Å². The molecule has 2 N–H and O–H groups in total. The maximum absolute atomic E-state index is 13.3. The van der Waals surface area contributed by atoms with Crippen molar-refractivity contribution in [1.82, 2.24) is 4.90 Å². The van der Waals surface area contributed by atoms with Crippen LogP contribution < -0.4 is 5.73 Å². The maximum atomic E-state index is 13.3. The predicted molar refractivity (Wildman–Crippen MR) is 100 cm³/mol. The van der Waals surface area contributed by atoms with Gasteiger partial charge in [-0.1, -0.05) is 26.0 Å². The molecule has 1 amide bonds. The Bertz CT molecular complexity index is 655. The summed E-state index contributed by atoms with van der Waals surface area (Å²) in [6.45, 7) is 8.14. The van der Waals surface area contributed by atoms with Crippen LogP contribution in [0.4, 0.5) is 4.39 Å². The van der Waals surface area contributed by atoms with Crippen molar-refractivity contribution in [3.05, 3.63) is 35.6 Å². The van der Waals surface area contributed by atoms with Crippen LogP contribution >= 0.6 is 0 Å². The third-order valence-electron chi connectivity index (χ3n) is 6.53. The molecule has 5 heteroatoms. The summed E-state index contributed by atoms with van der Waals surface area (Å²) >= 11 is 0. The first kappa shape index (κ1) is 19.3. The van der Waals surface area contributed by atoms with E-state index in [1.165, 1.54) is 6.07 Å². The quantitative estimate of drug-likeness (QED) is 0.875. The van der Waals surface area contributed by atoms with Gasteiger partial charge in [-0.3, -0.25) is 4.79 Å². The number of carbonyl (C=O) groups excluding carboxylic acids is 1. The summed E-state index contributed by atoms with van der Waals surface area (Å²) in [6, 6.07) is 6.81. The molecule has 1 heterocycles. The number of hydrogen-bond acceptors (Lipinski definition) is 3. The standard InChI is InChI=1S/C21H31FN2O2/c1-4-26-18-14-21(23,20(18,2)3)19(25)24-10-8-15(9-11-24)12-16-6-5-7-17(22)13-16/h5-7,13,15,18H,4,8-12,14,23H2,1-3H3. The number of hydrogen-bond donors (Lipinski definition) is 1. The molecule has 1 saturated carbocycles. The molecule has 0 bridgehead atoms. The molecule has 144 valence electrons. The highest BCUT2D eigenvalue weighted by Crippen LogP contribution is 2.50. The van der Waals surface area contributed by atoms with E-state index in [4.69, 9.17) is 10.5 Å². The molecule has 0 radical (unpaired) electrons. The van der Waals surface area contributed by atoms with E-state index in [0.717, 1.165) is 37.9 Å². The molecule has 1 aliphatic carbocycles. The van der Waals surface area contributed by atoms with Gasteiger partial charge < -0.3 is 15.4 Å². The molecule has 2 unspecified atom stereocenters. The monoisotopic (exact) mass is 362 g/mol. The van der Waals surface area contributed by atoms with Gasteiger partial charge in [0.2, 0.25) is 5.91 Å². The van der Waals surface area contributed by atoms with E-state index in [1.807, 2.05) is 31.7 Å². The van der Waals surface area contributed by atoms with Crippen molar-refractivity contribution in [1.29, 1.82) is 0 Å². The Hall–Kier alpha value is -1.46. The van der Waals surface area contributed by atoms with Gasteiger partial charge in [0.05, 0.1) is 6.10 Å². The molecule has 3 rings (SSSR count). The van der Waals surface area contributed by atoms with Gasteiger partial charge in [-0.2, -0.15) is 0 Å². The summed E-state index contributed by atoms with van der Waals surface area (Å²) in [5.74, 6) is 0.360. The van der Waals surface area contributed by atoms with E-state index >= 15 is 0 Å². The van der Waals surface area contributed by atoms with Crippen molar-refractivity contribution < 1.29 is 13.9 Å². The molecular weight excluding hydrogens is 331 g/mol. The molecule has 1 aromatic rings. The van der Waals surface area contributed by atoms with Gasteiger partial charge in [-0.25, -0.2) is 4.39 Å². The first-order valence-electron chi connectivity index (χ1n) is 9.72. The van der Waals surface area contributed by atoms with E-state index in [0.29, 0.717) is 18.9 Å². The zero-order chi connectivity index (χ0) is 18.9. The Balaban J connectivity index is 1.55. The normalized spacial score (nSPS) is 28.7. The van der Waals surface area contributed by atoms with Gasteiger partial charge in [0, 0.05) is 31.5 Å². The third kappa shape index (κ3) is 3.39. The number of rotatable bonds is 5. The molecular formula is C21H31FN2O2. The molecule has 2 fully saturated rings. The van der Waals surface area contributed by atoms with Crippen molar-refractivity contribution in [3.8, 4) is 0 Å². The van der Waals surface area contributed by atoms with Gasteiger partial charge in [0.25, 0.3) is 0 Å². The summed E-state index contributed by atoms with van der Waals surface area (Å²) < 4.78 is 19.1. The highest BCUT2D eigenvalue weighted by atomic mass is 19.1. The lowest BCUT2D eigenvalue weighted by Crippen LogP contribution is -2.76. The van der Waals surface area contributed by atoms with Crippen molar-refractivity contribution in [3.63, 3.8) is 0 Å². The van der Waals surface area contributed by atoms with Gasteiger partial charge in [0.1, 0.15) is 11.4 Å². The zero-order valence-corrected chi connectivity index (χ0v) is 16.1. The Morgan fingerprint density at radius 3 is 2.62 bits per heavy atom. The van der Waals surface area contributed by atoms with Crippen LogP contribution in [0.15, 0.2) is 24.3 Å². The second-order valence-electron chi connectivity index (χ2n) is 8.41. The van der Waals surface area contributed by atoms with Gasteiger partial charge in [0.15, 0.2) is 0 Å². The Kier molecular flexibility index (Phi) is 5.40. The van der Waals surface area contributed by atoms with Crippen molar-refractivity contribution in [2.75, 3.05) is 19.7 Å². The summed E-state index contributed by atoms with van der Waals surface area (Å²) in [5.41, 5.74) is 6.39. The van der Waals surface area contributed by atoms with E-state index < -0.39 is 5.54 Å². The number of nitrogens with two attached hydrogens (primary N) is 1. The summed E-state index contributed by atoms with van der Waals surface area (Å²) in [5, 5.41) is 0. The second kappa shape index (κ2) is 7.28. The number of nitrogens with zero attached hydrogens (tertiary/aromatic N) is 1. The SMILES string of the molecule is CCOC1CC(N)(C(=O)N2CCC(Cc3cccc(F)c3)CC2)C1(C)C. The first-order valence-corrected chi connectivity index (χ1v) is 9.72. The second-order valence-corrected chi connectivity index (χ2v) is 8.41. The lowest BCUT2D eigenvalue weighted by molar-refractivity contribution is -0.180. The van der Waals surface area contributed by atoms with Crippen LogP contribution in [0.1, 0.15) is 45.6 Å². The zero-order valence-electron chi connectivity index (χ0n) is 16.1. The molecule has 2 aliphatic rings. The smallest absolute Gasteiger partial charge is 0.243 e. The minimum absolute atomic E-state index is 0.0481. The molecule has 2 atom stereocenters. The number of carbonyl (C=O) groups is 1. The average Bonchev–Trinajstić information content (AvgIpc) is 2.61. The molecule has 1 aliphatic heterocycles. The lowest BCUT2D eigenvalue weighted by Gasteiger charge is -2.59. The lowest BCUT2D eigenvalue weighted by atomic mass is 9.54. The molecule has 0 aromatic heterocycles. The largest absolute Gasteiger partial charge is 0.378 e. The van der Waals surface area contributed by atoms with Gasteiger partial charge >= 0.3 is 0 Å². The fourth-order valence-electron chi connectivity index (χ4n) is 4.42. The maximum Gasteiger partial charge on any atom is 0.243 e. The molecule has 0 spiro atoms. The number of piperidine rings is 1. The van der Waals surface area contributed by atoms with E-state index in [1.54, 1.807) is 12.1 Å². The van der Waals surface area contributed by atoms with Gasteiger partial charge in [-0.15, -0.1) is 0 Å². The molecule has 1 saturated heterocycles. The highest BCUT2D eigenvalue weighted by molar-refractivity contribution is 5.89. The van der Waals surface area contributed by atoms with Gasteiger partial charge in [-0.05, 0) is 49.8 Å². The van der Waals surface area contributed by atoms with Crippen LogP contribution in [0, 0.1) is 17.2 Å². The average molecular weight is 362 g/mol. The number of halogens is 1. The Labute approximate surface area is 155 Å². The van der Waals surface area contributed by atoms with Crippen molar-refractivity contribution in [2.24, 2.45) is 17.1 Å². The summed E-state index contributed by atoms with van der Waals surface area (Å²) in [6.07, 6.45) is 3.38. The van der Waals surface area contributed by atoms with Crippen LogP contribution in [0.25, 0.3) is 0 Å². The fourth-order valence-corrected chi connectivity index (χ4v) is 4.42. The predicted octanol–water partition coefficient (Wildman–Crippen LogP) is 3.14. The van der Waals surface area contributed by atoms with E-state index in [2.05, 4.69) is 0 Å². The fraction of sp³-hybridized carbons (Fsp3) is 0.667. The van der Waals surface area contributed by atoms with Crippen LogP contribution in [-0.2, 0) is 16.0 Å². The van der Waals surface area contributed by atoms with Crippen molar-refractivity contribution >= 4 is 5.91 Å². The molecule has 1 aromatic carbocycles. The number of amides is 1. The van der Waals surface area contributed by atoms with Crippen LogP contribution in [0.3, 0.4) is 0 Å². The minimum Gasteiger partial charge on any atom is -0.378 e. The Morgan fingerprint density at radius 2 is 2.04 bits per heavy atom. The highest BCUT2D eigenvalue weighted by Gasteiger charge is 2.63.